The first-order chi connectivity index (χ1) is 11.8. The Morgan fingerprint density at radius 1 is 1.28 bits per heavy atom. The van der Waals surface area contributed by atoms with E-state index >= 15 is 0 Å². The lowest BCUT2D eigenvalue weighted by atomic mass is 10.1. The average Bonchev–Trinajstić information content (AvgIpc) is 2.55. The Morgan fingerprint density at radius 2 is 2.04 bits per heavy atom. The molecule has 0 radical (unpaired) electrons. The fourth-order valence-electron chi connectivity index (χ4n) is 2.99. The maximum absolute atomic E-state index is 12.2. The number of amides is 2. The van der Waals surface area contributed by atoms with Crippen molar-refractivity contribution in [1.82, 2.24) is 20.4 Å². The highest BCUT2D eigenvalue weighted by Crippen LogP contribution is 2.20. The van der Waals surface area contributed by atoms with Crippen molar-refractivity contribution in [3.05, 3.63) is 29.8 Å². The summed E-state index contributed by atoms with van der Waals surface area (Å²) in [7, 11) is 4.23. The molecule has 2 N–H and O–H groups in total. The van der Waals surface area contributed by atoms with Crippen molar-refractivity contribution in [2.45, 2.75) is 39.0 Å². The van der Waals surface area contributed by atoms with E-state index in [1.165, 1.54) is 0 Å². The zero-order valence-corrected chi connectivity index (χ0v) is 16.1. The van der Waals surface area contributed by atoms with E-state index in [0.29, 0.717) is 12.6 Å². The molecule has 2 rings (SSSR count). The molecular formula is C19H32N4O2. The van der Waals surface area contributed by atoms with Crippen LogP contribution in [0.2, 0.25) is 0 Å². The lowest BCUT2D eigenvalue weighted by molar-refractivity contribution is 0.114. The number of hydrogen-bond acceptors (Lipinski definition) is 4. The second-order valence-electron chi connectivity index (χ2n) is 7.21. The van der Waals surface area contributed by atoms with Crippen molar-refractivity contribution in [1.29, 1.82) is 0 Å². The monoisotopic (exact) mass is 348 g/mol. The average molecular weight is 348 g/mol. The molecule has 1 aromatic rings. The fraction of sp³-hybridized carbons (Fsp3) is 0.632. The van der Waals surface area contributed by atoms with Gasteiger partial charge in [0.25, 0.3) is 0 Å². The Hall–Kier alpha value is -1.79. The highest BCUT2D eigenvalue weighted by atomic mass is 16.5. The molecule has 0 aromatic heterocycles. The third-order valence-electron chi connectivity index (χ3n) is 4.56. The largest absolute Gasteiger partial charge is 0.491 e. The van der Waals surface area contributed by atoms with Gasteiger partial charge < -0.3 is 20.3 Å². The summed E-state index contributed by atoms with van der Waals surface area (Å²) >= 11 is 0. The van der Waals surface area contributed by atoms with Crippen LogP contribution in [0, 0.1) is 0 Å². The Bertz CT molecular complexity index is 564. The highest BCUT2D eigenvalue weighted by Gasteiger charge is 2.22. The molecule has 6 nitrogen and oxygen atoms in total. The number of hydrogen-bond donors (Lipinski definition) is 2. The van der Waals surface area contributed by atoms with E-state index in [1.54, 1.807) is 0 Å². The second-order valence-corrected chi connectivity index (χ2v) is 7.21. The molecule has 0 saturated carbocycles. The summed E-state index contributed by atoms with van der Waals surface area (Å²) in [5.41, 5.74) is 1.03. The molecule has 1 fully saturated rings. The summed E-state index contributed by atoms with van der Waals surface area (Å²) in [6.07, 6.45) is 0.132. The molecule has 1 aromatic carbocycles. The molecule has 2 atom stereocenters. The number of likely N-dealkylation sites (N-methyl/N-ethyl adjacent to an activating group) is 2. The number of benzene rings is 1. The standard InChI is InChI=1S/C19H32N4O2/c1-14(2)25-18-8-6-7-16(11-18)15(3)21-19(24)20-12-17-13-22(4)9-10-23(17)5/h6-8,11,14-15,17H,9-10,12-13H2,1-5H3,(H2,20,21,24)/t15-,17-/m0/s1. The normalized spacial score (nSPS) is 20.3. The number of carbonyl (C=O) groups excluding carboxylic acids is 1. The molecule has 1 aliphatic heterocycles. The number of nitrogens with one attached hydrogen (secondary N) is 2. The van der Waals surface area contributed by atoms with Crippen LogP contribution in [0.1, 0.15) is 32.4 Å². The number of rotatable bonds is 6. The zero-order valence-electron chi connectivity index (χ0n) is 16.1. The van der Waals surface area contributed by atoms with Crippen molar-refractivity contribution in [3.8, 4) is 5.75 Å². The van der Waals surface area contributed by atoms with Crippen molar-refractivity contribution in [3.63, 3.8) is 0 Å². The maximum Gasteiger partial charge on any atom is 0.315 e. The quantitative estimate of drug-likeness (QED) is 0.826. The van der Waals surface area contributed by atoms with Crippen molar-refractivity contribution in [2.75, 3.05) is 40.3 Å². The molecular weight excluding hydrogens is 316 g/mol. The van der Waals surface area contributed by atoms with E-state index in [9.17, 15) is 4.79 Å². The Balaban J connectivity index is 1.83. The Labute approximate surface area is 151 Å². The van der Waals surface area contributed by atoms with Crippen LogP contribution in [0.4, 0.5) is 4.79 Å². The molecule has 2 amide bonds. The van der Waals surface area contributed by atoms with Crippen LogP contribution >= 0.6 is 0 Å². The fourth-order valence-corrected chi connectivity index (χ4v) is 2.99. The van der Waals surface area contributed by atoms with E-state index in [-0.39, 0.29) is 18.2 Å². The van der Waals surface area contributed by atoms with Crippen LogP contribution in [0.5, 0.6) is 5.75 Å². The molecule has 0 unspecified atom stereocenters. The van der Waals surface area contributed by atoms with Gasteiger partial charge in [0, 0.05) is 32.2 Å². The highest BCUT2D eigenvalue weighted by molar-refractivity contribution is 5.74. The minimum Gasteiger partial charge on any atom is -0.491 e. The first-order valence-electron chi connectivity index (χ1n) is 9.05. The number of carbonyl (C=O) groups is 1. The van der Waals surface area contributed by atoms with E-state index in [0.717, 1.165) is 30.9 Å². The van der Waals surface area contributed by atoms with Crippen LogP contribution in [0.3, 0.4) is 0 Å². The molecule has 140 valence electrons. The maximum atomic E-state index is 12.2. The summed E-state index contributed by atoms with van der Waals surface area (Å²) in [5, 5.41) is 6.01. The van der Waals surface area contributed by atoms with Crippen LogP contribution < -0.4 is 15.4 Å². The summed E-state index contributed by atoms with van der Waals surface area (Å²) in [4.78, 5) is 16.8. The second kappa shape index (κ2) is 9.06. The van der Waals surface area contributed by atoms with Gasteiger partial charge in [-0.05, 0) is 52.6 Å². The predicted octanol–water partition coefficient (Wildman–Crippen LogP) is 2.08. The van der Waals surface area contributed by atoms with Crippen LogP contribution in [-0.2, 0) is 0 Å². The van der Waals surface area contributed by atoms with Crippen molar-refractivity contribution < 1.29 is 9.53 Å². The van der Waals surface area contributed by atoms with Gasteiger partial charge in [-0.2, -0.15) is 0 Å². The molecule has 0 aliphatic carbocycles. The van der Waals surface area contributed by atoms with Crippen LogP contribution in [-0.4, -0.2) is 68.3 Å². The minimum atomic E-state index is -0.135. The molecule has 1 saturated heterocycles. The third kappa shape index (κ3) is 6.21. The molecule has 0 spiro atoms. The van der Waals surface area contributed by atoms with E-state index in [2.05, 4.69) is 34.5 Å². The van der Waals surface area contributed by atoms with Gasteiger partial charge in [-0.15, -0.1) is 0 Å². The lowest BCUT2D eigenvalue weighted by Crippen LogP contribution is -2.55. The van der Waals surface area contributed by atoms with Gasteiger partial charge >= 0.3 is 6.03 Å². The van der Waals surface area contributed by atoms with Gasteiger partial charge in [0.05, 0.1) is 12.1 Å². The van der Waals surface area contributed by atoms with Gasteiger partial charge in [-0.3, -0.25) is 4.90 Å². The molecule has 25 heavy (non-hydrogen) atoms. The number of ether oxygens (including phenoxy) is 1. The van der Waals surface area contributed by atoms with E-state index in [1.807, 2.05) is 45.0 Å². The summed E-state index contributed by atoms with van der Waals surface area (Å²) < 4.78 is 5.72. The Morgan fingerprint density at radius 3 is 2.76 bits per heavy atom. The molecule has 1 aliphatic rings. The lowest BCUT2D eigenvalue weighted by Gasteiger charge is -2.37. The van der Waals surface area contributed by atoms with Crippen LogP contribution in [0.25, 0.3) is 0 Å². The van der Waals surface area contributed by atoms with E-state index < -0.39 is 0 Å². The van der Waals surface area contributed by atoms with E-state index in [4.69, 9.17) is 4.74 Å². The van der Waals surface area contributed by atoms with Crippen molar-refractivity contribution in [2.24, 2.45) is 0 Å². The smallest absolute Gasteiger partial charge is 0.315 e. The molecule has 6 heteroatoms. The van der Waals surface area contributed by atoms with Crippen LogP contribution in [0.15, 0.2) is 24.3 Å². The first-order valence-corrected chi connectivity index (χ1v) is 9.05. The third-order valence-corrected chi connectivity index (χ3v) is 4.56. The molecule has 1 heterocycles. The summed E-state index contributed by atoms with van der Waals surface area (Å²) in [6.45, 7) is 9.71. The minimum absolute atomic E-state index is 0.0810. The number of piperazine rings is 1. The van der Waals surface area contributed by atoms with Gasteiger partial charge in [-0.25, -0.2) is 4.79 Å². The van der Waals surface area contributed by atoms with Gasteiger partial charge in [0.2, 0.25) is 0 Å². The van der Waals surface area contributed by atoms with Gasteiger partial charge in [0.15, 0.2) is 0 Å². The Kier molecular flexibility index (Phi) is 7.08. The predicted molar refractivity (Wildman–Crippen MR) is 101 cm³/mol. The van der Waals surface area contributed by atoms with Gasteiger partial charge in [-0.1, -0.05) is 12.1 Å². The van der Waals surface area contributed by atoms with Gasteiger partial charge in [0.1, 0.15) is 5.75 Å². The first kappa shape index (κ1) is 19.5. The zero-order chi connectivity index (χ0) is 18.4. The summed E-state index contributed by atoms with van der Waals surface area (Å²) in [5.74, 6) is 0.827. The SMILES string of the molecule is CC(C)Oc1cccc([C@H](C)NC(=O)NC[C@H]2CN(C)CCN2C)c1. The number of nitrogens with zero attached hydrogens (tertiary/aromatic N) is 2. The number of urea groups is 1. The topological polar surface area (TPSA) is 56.8 Å². The van der Waals surface area contributed by atoms with Crippen molar-refractivity contribution >= 4 is 6.03 Å². The summed E-state index contributed by atoms with van der Waals surface area (Å²) in [6, 6.07) is 8.01. The molecule has 0 bridgehead atoms.